The maximum atomic E-state index is 14.7. The molecule has 12 heteroatoms. The van der Waals surface area contributed by atoms with Gasteiger partial charge in [-0.05, 0) is 49.2 Å². The monoisotopic (exact) mass is 575 g/mol. The van der Waals surface area contributed by atoms with E-state index in [2.05, 4.69) is 49.7 Å². The number of aliphatic hydroxyl groups excluding tert-OH is 1. The second-order valence-electron chi connectivity index (χ2n) is 10.4. The van der Waals surface area contributed by atoms with Gasteiger partial charge in [0.15, 0.2) is 12.0 Å². The molecule has 0 saturated carbocycles. The average molecular weight is 576 g/mol. The number of nitriles is 1. The van der Waals surface area contributed by atoms with Crippen LogP contribution < -0.4 is 9.64 Å². The summed E-state index contributed by atoms with van der Waals surface area (Å²) in [5, 5.41) is 18.7. The Balaban J connectivity index is 1.18. The zero-order chi connectivity index (χ0) is 29.5. The Kier molecular flexibility index (Phi) is 9.53. The number of piperazine rings is 1. The van der Waals surface area contributed by atoms with Gasteiger partial charge < -0.3 is 24.4 Å². The molecule has 0 radical (unpaired) electrons. The number of nitrogens with zero attached hydrogens (tertiary/aromatic N) is 7. The molecule has 3 saturated heterocycles. The summed E-state index contributed by atoms with van der Waals surface area (Å²) in [5.41, 5.74) is 2.62. The lowest BCUT2D eigenvalue weighted by Crippen LogP contribution is -2.56. The van der Waals surface area contributed by atoms with Crippen LogP contribution in [-0.2, 0) is 9.53 Å². The lowest BCUT2D eigenvalue weighted by atomic mass is 10.0. The van der Waals surface area contributed by atoms with Crippen LogP contribution in [0.25, 0.3) is 0 Å². The second kappa shape index (κ2) is 13.7. The number of carbonyl (C=O) groups is 1. The van der Waals surface area contributed by atoms with Crippen molar-refractivity contribution in [1.82, 2.24) is 9.80 Å². The van der Waals surface area contributed by atoms with Crippen molar-refractivity contribution in [3.63, 3.8) is 0 Å². The van der Waals surface area contributed by atoms with Crippen LogP contribution in [-0.4, -0.2) is 117 Å². The van der Waals surface area contributed by atoms with Gasteiger partial charge in [-0.3, -0.25) is 9.69 Å². The Labute approximate surface area is 244 Å². The van der Waals surface area contributed by atoms with Crippen LogP contribution >= 0.6 is 0 Å². The van der Waals surface area contributed by atoms with Gasteiger partial charge in [-0.25, -0.2) is 19.4 Å². The van der Waals surface area contributed by atoms with E-state index in [1.807, 2.05) is 12.1 Å². The first kappa shape index (κ1) is 29.3. The van der Waals surface area contributed by atoms with Crippen molar-refractivity contribution in [1.29, 1.82) is 5.26 Å². The number of hydrogen-bond acceptors (Lipinski definition) is 8. The summed E-state index contributed by atoms with van der Waals surface area (Å²) in [6.45, 7) is 8.72. The minimum atomic E-state index is -1.45. The third-order valence-corrected chi connectivity index (χ3v) is 7.81. The fourth-order valence-corrected chi connectivity index (χ4v) is 5.25. The third-order valence-electron chi connectivity index (χ3n) is 7.81. The number of aliphatic imine (C=N–C) groups is 3. The third kappa shape index (κ3) is 6.82. The van der Waals surface area contributed by atoms with Crippen molar-refractivity contribution in [2.45, 2.75) is 24.7 Å². The highest BCUT2D eigenvalue weighted by Gasteiger charge is 2.33. The molecular weight excluding hydrogens is 541 g/mol. The predicted molar refractivity (Wildman–Crippen MR) is 158 cm³/mol. The van der Waals surface area contributed by atoms with Gasteiger partial charge in [0.2, 0.25) is 5.91 Å². The number of halogens is 1. The number of piperidine rings is 1. The van der Waals surface area contributed by atoms with Crippen molar-refractivity contribution in [2.24, 2.45) is 15.0 Å². The quantitative estimate of drug-likeness (QED) is 0.378. The van der Waals surface area contributed by atoms with Gasteiger partial charge in [-0.15, -0.1) is 0 Å². The van der Waals surface area contributed by atoms with E-state index in [4.69, 9.17) is 14.6 Å². The summed E-state index contributed by atoms with van der Waals surface area (Å²) in [4.78, 5) is 30.5. The van der Waals surface area contributed by atoms with E-state index in [-0.39, 0.29) is 36.7 Å². The molecule has 220 valence electrons. The van der Waals surface area contributed by atoms with Gasteiger partial charge in [0.1, 0.15) is 30.9 Å². The van der Waals surface area contributed by atoms with Crippen LogP contribution in [0.2, 0.25) is 0 Å². The van der Waals surface area contributed by atoms with Crippen molar-refractivity contribution in [3.8, 4) is 11.8 Å². The first-order valence-corrected chi connectivity index (χ1v) is 14.0. The fraction of sp³-hybridized carbons (Fsp3) is 0.433. The average Bonchev–Trinajstić information content (AvgIpc) is 3.00. The van der Waals surface area contributed by atoms with Crippen LogP contribution in [0.1, 0.15) is 17.5 Å². The fourth-order valence-electron chi connectivity index (χ4n) is 5.25. The van der Waals surface area contributed by atoms with E-state index in [1.165, 1.54) is 11.2 Å². The van der Waals surface area contributed by atoms with E-state index < -0.39 is 24.8 Å². The normalized spacial score (nSPS) is 22.1. The Bertz CT molecular complexity index is 1360. The number of ether oxygens (including phenoxy) is 2. The summed E-state index contributed by atoms with van der Waals surface area (Å²) in [7, 11) is 0. The van der Waals surface area contributed by atoms with E-state index >= 15 is 0 Å². The second-order valence-corrected chi connectivity index (χ2v) is 10.4. The molecule has 42 heavy (non-hydrogen) atoms. The number of likely N-dealkylation sites (tertiary alicyclic amines) is 1. The lowest BCUT2D eigenvalue weighted by molar-refractivity contribution is -0.138. The standard InChI is InChI=1S/C30H34FN7O4/c1-33-30(21-2-7-27(22(14-21)15-32)42-28-8-9-38(16-26(28)31)29(40)17-39)35-20-34-23-3-5-24(6-4-23)36-10-12-37(13-11-36)25-18-41-19-25/h2-7,14,20,25-26,28,39H,1,8-13,16-19H2/t26-,28+/m1/s1. The number of amides is 1. The minimum Gasteiger partial charge on any atom is -0.486 e. The van der Waals surface area contributed by atoms with Crippen molar-refractivity contribution in [3.05, 3.63) is 53.6 Å². The number of anilines is 1. The molecule has 5 rings (SSSR count). The summed E-state index contributed by atoms with van der Waals surface area (Å²) < 4.78 is 25.8. The Morgan fingerprint density at radius 2 is 1.93 bits per heavy atom. The molecule has 0 aliphatic carbocycles. The maximum Gasteiger partial charge on any atom is 0.248 e. The summed E-state index contributed by atoms with van der Waals surface area (Å²) in [6, 6.07) is 15.4. The van der Waals surface area contributed by atoms with E-state index in [0.717, 1.165) is 50.8 Å². The van der Waals surface area contributed by atoms with Crippen molar-refractivity contribution < 1.29 is 23.8 Å². The smallest absolute Gasteiger partial charge is 0.248 e. The highest BCUT2D eigenvalue weighted by molar-refractivity contribution is 6.05. The number of rotatable bonds is 8. The van der Waals surface area contributed by atoms with E-state index in [9.17, 15) is 14.4 Å². The van der Waals surface area contributed by atoms with Crippen molar-refractivity contribution >= 4 is 36.2 Å². The number of alkyl halides is 1. The van der Waals surface area contributed by atoms with Crippen LogP contribution in [0.5, 0.6) is 5.75 Å². The molecule has 1 amide bonds. The van der Waals surface area contributed by atoms with Crippen LogP contribution in [0, 0.1) is 11.3 Å². The molecule has 3 fully saturated rings. The number of benzene rings is 2. The molecule has 0 bridgehead atoms. The number of amidine groups is 1. The Hall–Kier alpha value is -4.18. The minimum absolute atomic E-state index is 0.170. The topological polar surface area (TPSA) is 126 Å². The van der Waals surface area contributed by atoms with Gasteiger partial charge in [-0.1, -0.05) is 0 Å². The number of aliphatic hydroxyl groups is 1. The molecule has 0 unspecified atom stereocenters. The maximum absolute atomic E-state index is 14.7. The SMILES string of the molecule is C=NC(=NC=Nc1ccc(N2CCN(C3COC3)CC2)cc1)c1ccc(O[C@H]2CCN(C(=O)CO)C[C@H]2F)c(C#N)c1. The molecule has 3 aliphatic rings. The lowest BCUT2D eigenvalue weighted by Gasteiger charge is -2.43. The molecule has 11 nitrogen and oxygen atoms in total. The summed E-state index contributed by atoms with van der Waals surface area (Å²) in [6.07, 6.45) is -0.633. The molecule has 0 aromatic heterocycles. The van der Waals surface area contributed by atoms with Crippen molar-refractivity contribution in [2.75, 3.05) is 64.0 Å². The first-order chi connectivity index (χ1) is 20.5. The van der Waals surface area contributed by atoms with Gasteiger partial charge in [-0.2, -0.15) is 5.26 Å². The largest absolute Gasteiger partial charge is 0.486 e. The predicted octanol–water partition coefficient (Wildman–Crippen LogP) is 2.20. The van der Waals surface area contributed by atoms with Gasteiger partial charge in [0.05, 0.1) is 37.1 Å². The number of carbonyl (C=O) groups excluding carboxylic acids is 1. The molecule has 0 spiro atoms. The molecule has 2 aromatic carbocycles. The zero-order valence-corrected chi connectivity index (χ0v) is 23.3. The van der Waals surface area contributed by atoms with Crippen LogP contribution in [0.3, 0.4) is 0 Å². The van der Waals surface area contributed by atoms with E-state index in [0.29, 0.717) is 11.6 Å². The Morgan fingerprint density at radius 3 is 2.55 bits per heavy atom. The van der Waals surface area contributed by atoms with Crippen LogP contribution in [0.4, 0.5) is 15.8 Å². The molecule has 3 aliphatic heterocycles. The molecule has 2 aromatic rings. The Morgan fingerprint density at radius 1 is 1.17 bits per heavy atom. The number of hydrogen-bond donors (Lipinski definition) is 1. The van der Waals surface area contributed by atoms with Gasteiger partial charge >= 0.3 is 0 Å². The highest BCUT2D eigenvalue weighted by atomic mass is 19.1. The molecular formula is C30H34FN7O4. The van der Waals surface area contributed by atoms with Crippen LogP contribution in [0.15, 0.2) is 57.4 Å². The summed E-state index contributed by atoms with van der Waals surface area (Å²) >= 11 is 0. The zero-order valence-electron chi connectivity index (χ0n) is 23.3. The summed E-state index contributed by atoms with van der Waals surface area (Å²) in [5.74, 6) is -0.0224. The molecule has 1 N–H and O–H groups in total. The molecule has 2 atom stereocenters. The highest BCUT2D eigenvalue weighted by Crippen LogP contribution is 2.26. The molecule has 3 heterocycles. The van der Waals surface area contributed by atoms with E-state index in [1.54, 1.807) is 18.2 Å². The first-order valence-electron chi connectivity index (χ1n) is 14.0. The van der Waals surface area contributed by atoms with Gasteiger partial charge in [0, 0.05) is 50.4 Å². The van der Waals surface area contributed by atoms with Gasteiger partial charge in [0.25, 0.3) is 0 Å².